The van der Waals surface area contributed by atoms with E-state index in [1.54, 1.807) is 0 Å². The first-order valence-corrected chi connectivity index (χ1v) is 6.05. The number of hydrogen-bond acceptors (Lipinski definition) is 2. The zero-order chi connectivity index (χ0) is 12.5. The number of hydrogen-bond donors (Lipinski definition) is 1. The predicted octanol–water partition coefficient (Wildman–Crippen LogP) is 2.83. The van der Waals surface area contributed by atoms with Crippen molar-refractivity contribution < 1.29 is 4.74 Å². The molecule has 0 fully saturated rings. The smallest absolute Gasteiger partial charge is 0.149 e. The molecule has 0 unspecified atom stereocenters. The van der Waals surface area contributed by atoms with Crippen LogP contribution >= 0.6 is 0 Å². The first kappa shape index (κ1) is 13.6. The van der Waals surface area contributed by atoms with E-state index in [2.05, 4.69) is 37.1 Å². The summed E-state index contributed by atoms with van der Waals surface area (Å²) in [7, 11) is 0. The largest absolute Gasteiger partial charge is 0.481 e. The van der Waals surface area contributed by atoms with Gasteiger partial charge in [0.1, 0.15) is 12.4 Å². The van der Waals surface area contributed by atoms with E-state index in [9.17, 15) is 0 Å². The molecule has 0 saturated carbocycles. The van der Waals surface area contributed by atoms with Crippen molar-refractivity contribution in [2.75, 3.05) is 13.2 Å². The summed E-state index contributed by atoms with van der Waals surface area (Å²) in [5.41, 5.74) is 1.19. The summed E-state index contributed by atoms with van der Waals surface area (Å²) in [4.78, 5) is 0. The molecule has 0 aliphatic heterocycles. The molecule has 0 radical (unpaired) electrons. The van der Waals surface area contributed by atoms with Crippen molar-refractivity contribution in [2.24, 2.45) is 5.92 Å². The molecule has 1 aromatic rings. The SMILES string of the molecule is CC#CCOc1ccccc1CNCC(C)C. The average Bonchev–Trinajstić information content (AvgIpc) is 2.31. The van der Waals surface area contributed by atoms with Gasteiger partial charge >= 0.3 is 0 Å². The maximum atomic E-state index is 5.62. The molecule has 0 atom stereocenters. The third kappa shape index (κ3) is 5.42. The highest BCUT2D eigenvalue weighted by molar-refractivity contribution is 5.33. The molecule has 0 aliphatic rings. The molecule has 2 heteroatoms. The molecule has 0 aromatic heterocycles. The Morgan fingerprint density at radius 3 is 2.76 bits per heavy atom. The van der Waals surface area contributed by atoms with Gasteiger partial charge in [0.15, 0.2) is 0 Å². The summed E-state index contributed by atoms with van der Waals surface area (Å²) in [6, 6.07) is 8.09. The minimum Gasteiger partial charge on any atom is -0.481 e. The summed E-state index contributed by atoms with van der Waals surface area (Å²) in [6.07, 6.45) is 0. The van der Waals surface area contributed by atoms with Crippen molar-refractivity contribution >= 4 is 0 Å². The highest BCUT2D eigenvalue weighted by Gasteiger charge is 2.02. The van der Waals surface area contributed by atoms with Gasteiger partial charge in [-0.2, -0.15) is 0 Å². The maximum absolute atomic E-state index is 5.62. The second-order valence-electron chi connectivity index (χ2n) is 4.35. The van der Waals surface area contributed by atoms with E-state index in [0.717, 1.165) is 18.8 Å². The fraction of sp³-hybridized carbons (Fsp3) is 0.467. The second-order valence-corrected chi connectivity index (χ2v) is 4.35. The highest BCUT2D eigenvalue weighted by atomic mass is 16.5. The fourth-order valence-electron chi connectivity index (χ4n) is 1.47. The fourth-order valence-corrected chi connectivity index (χ4v) is 1.47. The monoisotopic (exact) mass is 231 g/mol. The highest BCUT2D eigenvalue weighted by Crippen LogP contribution is 2.17. The lowest BCUT2D eigenvalue weighted by atomic mass is 10.2. The van der Waals surface area contributed by atoms with Crippen molar-refractivity contribution in [3.05, 3.63) is 29.8 Å². The van der Waals surface area contributed by atoms with Crippen molar-refractivity contribution in [1.29, 1.82) is 0 Å². The van der Waals surface area contributed by atoms with Crippen molar-refractivity contribution in [2.45, 2.75) is 27.3 Å². The number of ether oxygens (including phenoxy) is 1. The zero-order valence-corrected chi connectivity index (χ0v) is 10.9. The Morgan fingerprint density at radius 1 is 1.29 bits per heavy atom. The molecular weight excluding hydrogens is 210 g/mol. The second kappa shape index (κ2) is 7.76. The van der Waals surface area contributed by atoms with E-state index in [1.165, 1.54) is 5.56 Å². The molecule has 0 amide bonds. The summed E-state index contributed by atoms with van der Waals surface area (Å²) < 4.78 is 5.62. The Morgan fingerprint density at radius 2 is 2.06 bits per heavy atom. The molecule has 2 nitrogen and oxygen atoms in total. The summed E-state index contributed by atoms with van der Waals surface area (Å²) >= 11 is 0. The number of para-hydroxylation sites is 1. The minimum absolute atomic E-state index is 0.456. The molecule has 0 aliphatic carbocycles. The van der Waals surface area contributed by atoms with E-state index < -0.39 is 0 Å². The Bertz CT molecular complexity index is 387. The van der Waals surface area contributed by atoms with Crippen LogP contribution in [-0.2, 0) is 6.54 Å². The van der Waals surface area contributed by atoms with Gasteiger partial charge in [0.2, 0.25) is 0 Å². The van der Waals surface area contributed by atoms with Crippen molar-refractivity contribution in [1.82, 2.24) is 5.32 Å². The van der Waals surface area contributed by atoms with Gasteiger partial charge in [-0.1, -0.05) is 38.0 Å². The predicted molar refractivity (Wildman–Crippen MR) is 71.9 cm³/mol. The van der Waals surface area contributed by atoms with E-state index in [4.69, 9.17) is 4.74 Å². The van der Waals surface area contributed by atoms with E-state index >= 15 is 0 Å². The molecule has 1 N–H and O–H groups in total. The van der Waals surface area contributed by atoms with E-state index in [0.29, 0.717) is 12.5 Å². The molecule has 0 saturated heterocycles. The first-order chi connectivity index (χ1) is 8.24. The van der Waals surface area contributed by atoms with Crippen LogP contribution in [0.15, 0.2) is 24.3 Å². The van der Waals surface area contributed by atoms with Crippen LogP contribution < -0.4 is 10.1 Å². The van der Waals surface area contributed by atoms with Crippen LogP contribution in [0.4, 0.5) is 0 Å². The normalized spacial score (nSPS) is 9.88. The van der Waals surface area contributed by atoms with Crippen LogP contribution in [0.2, 0.25) is 0 Å². The third-order valence-corrected chi connectivity index (χ3v) is 2.32. The van der Waals surface area contributed by atoms with Crippen molar-refractivity contribution in [3.8, 4) is 17.6 Å². The average molecular weight is 231 g/mol. The quantitative estimate of drug-likeness (QED) is 0.760. The van der Waals surface area contributed by atoms with Crippen LogP contribution in [0.3, 0.4) is 0 Å². The first-order valence-electron chi connectivity index (χ1n) is 6.05. The molecular formula is C15H21NO. The molecule has 1 aromatic carbocycles. The van der Waals surface area contributed by atoms with Gasteiger partial charge in [0.05, 0.1) is 0 Å². The lowest BCUT2D eigenvalue weighted by molar-refractivity contribution is 0.364. The lowest BCUT2D eigenvalue weighted by Crippen LogP contribution is -2.19. The Labute approximate surface area is 104 Å². The summed E-state index contributed by atoms with van der Waals surface area (Å²) in [5, 5.41) is 3.42. The van der Waals surface area contributed by atoms with Gasteiger partial charge in [0.25, 0.3) is 0 Å². The molecule has 17 heavy (non-hydrogen) atoms. The molecule has 0 bridgehead atoms. The van der Waals surface area contributed by atoms with E-state index in [1.807, 2.05) is 25.1 Å². The van der Waals surface area contributed by atoms with E-state index in [-0.39, 0.29) is 0 Å². The number of benzene rings is 1. The van der Waals surface area contributed by atoms with Crippen LogP contribution in [0, 0.1) is 17.8 Å². The van der Waals surface area contributed by atoms with Gasteiger partial charge in [-0.05, 0) is 25.5 Å². The van der Waals surface area contributed by atoms with Gasteiger partial charge in [-0.15, -0.1) is 5.92 Å². The van der Waals surface area contributed by atoms with Crippen LogP contribution in [0.1, 0.15) is 26.3 Å². The van der Waals surface area contributed by atoms with Crippen LogP contribution in [0.25, 0.3) is 0 Å². The van der Waals surface area contributed by atoms with Gasteiger partial charge < -0.3 is 10.1 Å². The Balaban J connectivity index is 2.53. The standard InChI is InChI=1S/C15H21NO/c1-4-5-10-17-15-9-7-6-8-14(15)12-16-11-13(2)3/h6-9,13,16H,10-12H2,1-3H3. The number of rotatable bonds is 6. The van der Waals surface area contributed by atoms with Crippen LogP contribution in [-0.4, -0.2) is 13.2 Å². The molecule has 0 spiro atoms. The molecule has 92 valence electrons. The van der Waals surface area contributed by atoms with Gasteiger partial charge in [0, 0.05) is 12.1 Å². The third-order valence-electron chi connectivity index (χ3n) is 2.32. The summed E-state index contributed by atoms with van der Waals surface area (Å²) in [6.45, 7) is 8.53. The van der Waals surface area contributed by atoms with Gasteiger partial charge in [-0.3, -0.25) is 0 Å². The Kier molecular flexibility index (Phi) is 6.21. The zero-order valence-electron chi connectivity index (χ0n) is 10.9. The summed E-state index contributed by atoms with van der Waals surface area (Å²) in [5.74, 6) is 7.31. The molecule has 0 heterocycles. The van der Waals surface area contributed by atoms with Gasteiger partial charge in [-0.25, -0.2) is 0 Å². The lowest BCUT2D eigenvalue weighted by Gasteiger charge is -2.11. The minimum atomic E-state index is 0.456. The Hall–Kier alpha value is -1.46. The number of nitrogens with one attached hydrogen (secondary N) is 1. The van der Waals surface area contributed by atoms with Crippen molar-refractivity contribution in [3.63, 3.8) is 0 Å². The van der Waals surface area contributed by atoms with Crippen LogP contribution in [0.5, 0.6) is 5.75 Å². The topological polar surface area (TPSA) is 21.3 Å². The molecule has 1 rings (SSSR count). The maximum Gasteiger partial charge on any atom is 0.149 e.